The Labute approximate surface area is 198 Å². The number of ether oxygens (including phenoxy) is 1. The van der Waals surface area contributed by atoms with Crippen LogP contribution in [-0.2, 0) is 20.7 Å². The first-order valence-corrected chi connectivity index (χ1v) is 11.4. The summed E-state index contributed by atoms with van der Waals surface area (Å²) >= 11 is 0. The summed E-state index contributed by atoms with van der Waals surface area (Å²) < 4.78 is 5.23. The first kappa shape index (κ1) is 28.4. The zero-order chi connectivity index (χ0) is 25.6. The van der Waals surface area contributed by atoms with Gasteiger partial charge in [0.2, 0.25) is 11.8 Å². The summed E-state index contributed by atoms with van der Waals surface area (Å²) in [6.45, 7) is 15.7. The second-order valence-electron chi connectivity index (χ2n) is 10.5. The number of hydrogen-bond donors (Lipinski definition) is 3. The third kappa shape index (κ3) is 9.04. The first-order chi connectivity index (χ1) is 15.1. The fraction of sp³-hybridized carbons (Fsp3) is 0.640. The van der Waals surface area contributed by atoms with E-state index in [1.165, 1.54) is 4.90 Å². The summed E-state index contributed by atoms with van der Waals surface area (Å²) in [6.07, 6.45) is 0.0276. The van der Waals surface area contributed by atoms with Crippen LogP contribution in [0.1, 0.15) is 79.5 Å². The summed E-state index contributed by atoms with van der Waals surface area (Å²) in [7, 11) is 0. The number of alkyl carbamates (subject to hydrolysis) is 1. The standard InChI is InChI=1S/C25H41N3O5/c1-10-17-11-13-18(14-12-17)20(21(30)27-24(4,5)6)28(16(2)3)22(31)19(15-29)26-23(32)33-25(7,8)9/h11-14,16,19-20,29H,10,15H2,1-9H3,(H,26,32)(H,27,30). The summed E-state index contributed by atoms with van der Waals surface area (Å²) in [5.74, 6) is -0.922. The zero-order valence-corrected chi connectivity index (χ0v) is 21.5. The van der Waals surface area contributed by atoms with Gasteiger partial charge in [0.05, 0.1) is 6.61 Å². The molecule has 0 bridgehead atoms. The van der Waals surface area contributed by atoms with Crippen LogP contribution in [0.4, 0.5) is 4.79 Å². The molecule has 1 rings (SSSR count). The Balaban J connectivity index is 3.39. The number of nitrogens with zero attached hydrogens (tertiary/aromatic N) is 1. The monoisotopic (exact) mass is 463 g/mol. The minimum Gasteiger partial charge on any atom is -0.444 e. The molecule has 186 valence electrons. The molecule has 8 nitrogen and oxygen atoms in total. The van der Waals surface area contributed by atoms with E-state index in [1.807, 2.05) is 52.0 Å². The highest BCUT2D eigenvalue weighted by Gasteiger charge is 2.38. The van der Waals surface area contributed by atoms with Gasteiger partial charge in [-0.2, -0.15) is 0 Å². The Kier molecular flexibility index (Phi) is 9.90. The number of nitrogens with one attached hydrogen (secondary N) is 2. The number of benzene rings is 1. The van der Waals surface area contributed by atoms with Crippen LogP contribution in [0.25, 0.3) is 0 Å². The predicted octanol–water partition coefficient (Wildman–Crippen LogP) is 3.33. The molecule has 33 heavy (non-hydrogen) atoms. The van der Waals surface area contributed by atoms with Gasteiger partial charge < -0.3 is 25.4 Å². The Hall–Kier alpha value is -2.61. The van der Waals surface area contributed by atoms with Crippen LogP contribution in [0.3, 0.4) is 0 Å². The maximum absolute atomic E-state index is 13.5. The molecule has 2 atom stereocenters. The van der Waals surface area contributed by atoms with Gasteiger partial charge in [-0.25, -0.2) is 4.79 Å². The van der Waals surface area contributed by atoms with Crippen molar-refractivity contribution in [1.82, 2.24) is 15.5 Å². The molecule has 1 aromatic rings. The van der Waals surface area contributed by atoms with Crippen LogP contribution in [-0.4, -0.2) is 57.7 Å². The highest BCUT2D eigenvalue weighted by atomic mass is 16.6. The van der Waals surface area contributed by atoms with Crippen molar-refractivity contribution in [3.05, 3.63) is 35.4 Å². The van der Waals surface area contributed by atoms with Gasteiger partial charge in [0.1, 0.15) is 17.7 Å². The molecule has 0 spiro atoms. The Morgan fingerprint density at radius 1 is 1.03 bits per heavy atom. The zero-order valence-electron chi connectivity index (χ0n) is 21.5. The minimum absolute atomic E-state index is 0.345. The highest BCUT2D eigenvalue weighted by Crippen LogP contribution is 2.26. The molecule has 0 aliphatic rings. The molecule has 2 unspecified atom stereocenters. The van der Waals surface area contributed by atoms with Crippen LogP contribution >= 0.6 is 0 Å². The molecule has 0 aliphatic heterocycles. The topological polar surface area (TPSA) is 108 Å². The maximum atomic E-state index is 13.5. The fourth-order valence-corrected chi connectivity index (χ4v) is 3.31. The summed E-state index contributed by atoms with van der Waals surface area (Å²) in [5, 5.41) is 15.3. The van der Waals surface area contributed by atoms with Gasteiger partial charge in [-0.15, -0.1) is 0 Å². The van der Waals surface area contributed by atoms with Crippen molar-refractivity contribution in [3.8, 4) is 0 Å². The predicted molar refractivity (Wildman–Crippen MR) is 129 cm³/mol. The largest absolute Gasteiger partial charge is 0.444 e. The Morgan fingerprint density at radius 3 is 1.97 bits per heavy atom. The highest BCUT2D eigenvalue weighted by molar-refractivity contribution is 5.92. The average molecular weight is 464 g/mol. The number of hydrogen-bond acceptors (Lipinski definition) is 5. The molecule has 0 saturated heterocycles. The number of aliphatic hydroxyl groups excluding tert-OH is 1. The normalized spacial score (nSPS) is 13.8. The van der Waals surface area contributed by atoms with Crippen LogP contribution in [0.15, 0.2) is 24.3 Å². The second kappa shape index (κ2) is 11.5. The van der Waals surface area contributed by atoms with Gasteiger partial charge in [-0.3, -0.25) is 9.59 Å². The van der Waals surface area contributed by atoms with Gasteiger partial charge in [0, 0.05) is 11.6 Å². The lowest BCUT2D eigenvalue weighted by molar-refractivity contribution is -0.145. The van der Waals surface area contributed by atoms with Crippen LogP contribution < -0.4 is 10.6 Å². The van der Waals surface area contributed by atoms with Crippen LogP contribution in [0, 0.1) is 0 Å². The molecule has 0 aromatic heterocycles. The summed E-state index contributed by atoms with van der Waals surface area (Å²) in [5.41, 5.74) is 0.470. The summed E-state index contributed by atoms with van der Waals surface area (Å²) in [4.78, 5) is 40.6. The molecule has 0 radical (unpaired) electrons. The van der Waals surface area contributed by atoms with Gasteiger partial charge in [0.25, 0.3) is 0 Å². The van der Waals surface area contributed by atoms with Crippen LogP contribution in [0.2, 0.25) is 0 Å². The molecular formula is C25H41N3O5. The molecule has 0 fully saturated rings. The van der Waals surface area contributed by atoms with Gasteiger partial charge >= 0.3 is 6.09 Å². The lowest BCUT2D eigenvalue weighted by Gasteiger charge is -2.38. The number of rotatable bonds is 8. The van der Waals surface area contributed by atoms with E-state index in [0.717, 1.165) is 12.0 Å². The number of carbonyl (C=O) groups excluding carboxylic acids is 3. The molecule has 8 heteroatoms. The van der Waals surface area contributed by atoms with E-state index in [2.05, 4.69) is 10.6 Å². The first-order valence-electron chi connectivity index (χ1n) is 11.4. The number of aliphatic hydroxyl groups is 1. The van der Waals surface area contributed by atoms with E-state index in [4.69, 9.17) is 4.74 Å². The van der Waals surface area contributed by atoms with Crippen molar-refractivity contribution in [1.29, 1.82) is 0 Å². The Morgan fingerprint density at radius 2 is 1.58 bits per heavy atom. The lowest BCUT2D eigenvalue weighted by atomic mass is 9.98. The Bertz CT molecular complexity index is 807. The molecule has 3 amide bonds. The average Bonchev–Trinajstić information content (AvgIpc) is 2.66. The van der Waals surface area contributed by atoms with E-state index < -0.39 is 47.9 Å². The van der Waals surface area contributed by atoms with E-state index in [0.29, 0.717) is 5.56 Å². The van der Waals surface area contributed by atoms with Crippen molar-refractivity contribution in [2.45, 2.75) is 98.0 Å². The molecule has 0 aliphatic carbocycles. The van der Waals surface area contributed by atoms with Crippen molar-refractivity contribution in [3.63, 3.8) is 0 Å². The number of amides is 3. The number of aryl methyl sites for hydroxylation is 1. The molecule has 0 heterocycles. The lowest BCUT2D eigenvalue weighted by Crippen LogP contribution is -2.57. The maximum Gasteiger partial charge on any atom is 0.408 e. The molecule has 0 saturated carbocycles. The summed E-state index contributed by atoms with van der Waals surface area (Å²) in [6, 6.07) is 4.93. The van der Waals surface area contributed by atoms with Gasteiger partial charge in [-0.05, 0) is 72.9 Å². The van der Waals surface area contributed by atoms with E-state index in [9.17, 15) is 19.5 Å². The quantitative estimate of drug-likeness (QED) is 0.548. The van der Waals surface area contributed by atoms with Gasteiger partial charge in [-0.1, -0.05) is 31.2 Å². The van der Waals surface area contributed by atoms with Crippen molar-refractivity contribution in [2.75, 3.05) is 6.61 Å². The van der Waals surface area contributed by atoms with E-state index >= 15 is 0 Å². The molecule has 1 aromatic carbocycles. The second-order valence-corrected chi connectivity index (χ2v) is 10.5. The van der Waals surface area contributed by atoms with Crippen molar-refractivity contribution in [2.24, 2.45) is 0 Å². The van der Waals surface area contributed by atoms with Gasteiger partial charge in [0.15, 0.2) is 0 Å². The van der Waals surface area contributed by atoms with Crippen molar-refractivity contribution >= 4 is 17.9 Å². The van der Waals surface area contributed by atoms with E-state index in [-0.39, 0.29) is 5.91 Å². The molecule has 3 N–H and O–H groups in total. The van der Waals surface area contributed by atoms with Crippen molar-refractivity contribution < 1.29 is 24.2 Å². The SMILES string of the molecule is CCc1ccc(C(C(=O)NC(C)(C)C)N(C(=O)C(CO)NC(=O)OC(C)(C)C)C(C)C)cc1. The van der Waals surface area contributed by atoms with Crippen LogP contribution in [0.5, 0.6) is 0 Å². The third-order valence-corrected chi connectivity index (χ3v) is 4.71. The molecular weight excluding hydrogens is 422 g/mol. The fourth-order valence-electron chi connectivity index (χ4n) is 3.31. The smallest absolute Gasteiger partial charge is 0.408 e. The minimum atomic E-state index is -1.26. The van der Waals surface area contributed by atoms with E-state index in [1.54, 1.807) is 34.6 Å². The third-order valence-electron chi connectivity index (χ3n) is 4.71. The number of carbonyl (C=O) groups is 3.